The highest BCUT2D eigenvalue weighted by molar-refractivity contribution is 6.39. The molecule has 0 fully saturated rings. The number of aromatic nitrogens is 3. The topological polar surface area (TPSA) is 70.2 Å². The van der Waals surface area contributed by atoms with Crippen molar-refractivity contribution in [3.8, 4) is 28.3 Å². The van der Waals surface area contributed by atoms with E-state index >= 15 is 0 Å². The summed E-state index contributed by atoms with van der Waals surface area (Å²) in [7, 11) is 1.05. The molecule has 0 bridgehead atoms. The Balaban J connectivity index is 2.00. The van der Waals surface area contributed by atoms with Crippen LogP contribution in [0.3, 0.4) is 0 Å². The number of halogens is 7. The Morgan fingerprint density at radius 2 is 1.74 bits per heavy atom. The standard InChI is InChI=1S/C21H10Cl4F3N3O3/c1-33-20(32)16-17(15-11(23)3-2-4-12(15)24)30-34-18(16)10-8-31(29-19(10)21(26,27)28)14-6-5-9(22)7-13(14)25/h2-8H,1H3. The van der Waals surface area contributed by atoms with E-state index < -0.39 is 34.7 Å². The molecule has 0 spiro atoms. The lowest BCUT2D eigenvalue weighted by atomic mass is 10.0. The van der Waals surface area contributed by atoms with Crippen molar-refractivity contribution in [2.24, 2.45) is 0 Å². The zero-order valence-corrected chi connectivity index (χ0v) is 19.8. The number of hydrogen-bond acceptors (Lipinski definition) is 5. The summed E-state index contributed by atoms with van der Waals surface area (Å²) in [5.41, 5.74) is -2.34. The van der Waals surface area contributed by atoms with E-state index in [2.05, 4.69) is 10.3 Å². The zero-order valence-electron chi connectivity index (χ0n) is 16.8. The Kier molecular flexibility index (Phi) is 6.56. The van der Waals surface area contributed by atoms with E-state index in [-0.39, 0.29) is 37.0 Å². The molecule has 4 aromatic rings. The summed E-state index contributed by atoms with van der Waals surface area (Å²) in [4.78, 5) is 12.7. The van der Waals surface area contributed by atoms with Crippen molar-refractivity contribution in [1.82, 2.24) is 14.9 Å². The van der Waals surface area contributed by atoms with Crippen molar-refractivity contribution < 1.29 is 27.2 Å². The number of ether oxygens (including phenoxy) is 1. The lowest BCUT2D eigenvalue weighted by molar-refractivity contribution is -0.140. The lowest BCUT2D eigenvalue weighted by Crippen LogP contribution is -2.10. The maximum atomic E-state index is 14.0. The minimum absolute atomic E-state index is 0.0459. The fraction of sp³-hybridized carbons (Fsp3) is 0.0952. The van der Waals surface area contributed by atoms with E-state index in [0.29, 0.717) is 0 Å². The third kappa shape index (κ3) is 4.36. The molecule has 34 heavy (non-hydrogen) atoms. The third-order valence-corrected chi connectivity index (χ3v) is 5.83. The molecule has 0 aliphatic heterocycles. The van der Waals surface area contributed by atoms with Crippen LogP contribution in [-0.4, -0.2) is 28.0 Å². The van der Waals surface area contributed by atoms with Gasteiger partial charge in [-0.2, -0.15) is 18.3 Å². The van der Waals surface area contributed by atoms with Gasteiger partial charge in [0.05, 0.1) is 33.4 Å². The molecule has 4 rings (SSSR count). The molecule has 2 aromatic carbocycles. The number of esters is 1. The second-order valence-corrected chi connectivity index (χ2v) is 8.41. The van der Waals surface area contributed by atoms with Gasteiger partial charge in [-0.1, -0.05) is 57.6 Å². The van der Waals surface area contributed by atoms with Crippen molar-refractivity contribution in [1.29, 1.82) is 0 Å². The number of rotatable bonds is 4. The minimum Gasteiger partial charge on any atom is -0.465 e. The van der Waals surface area contributed by atoms with Gasteiger partial charge in [0, 0.05) is 16.8 Å². The first kappa shape index (κ1) is 24.4. The van der Waals surface area contributed by atoms with Crippen molar-refractivity contribution in [2.75, 3.05) is 7.11 Å². The predicted octanol–water partition coefficient (Wildman–Crippen LogP) is 7.61. The normalized spacial score (nSPS) is 11.6. The highest BCUT2D eigenvalue weighted by Crippen LogP contribution is 2.43. The molecule has 176 valence electrons. The number of carbonyl (C=O) groups excluding carboxylic acids is 1. The number of methoxy groups -OCH3 is 1. The molecular formula is C21H10Cl4F3N3O3. The molecule has 0 radical (unpaired) electrons. The predicted molar refractivity (Wildman–Crippen MR) is 121 cm³/mol. The Labute approximate surface area is 209 Å². The van der Waals surface area contributed by atoms with Crippen LogP contribution in [0.5, 0.6) is 0 Å². The first-order valence-electron chi connectivity index (χ1n) is 9.18. The maximum absolute atomic E-state index is 14.0. The smallest absolute Gasteiger partial charge is 0.435 e. The molecule has 0 amide bonds. The van der Waals surface area contributed by atoms with Crippen molar-refractivity contribution >= 4 is 52.4 Å². The van der Waals surface area contributed by atoms with Gasteiger partial charge < -0.3 is 9.26 Å². The van der Waals surface area contributed by atoms with Crippen molar-refractivity contribution in [3.05, 3.63) is 73.9 Å². The number of alkyl halides is 3. The largest absolute Gasteiger partial charge is 0.465 e. The van der Waals surface area contributed by atoms with E-state index in [1.54, 1.807) is 6.07 Å². The molecule has 0 saturated heterocycles. The molecule has 2 heterocycles. The van der Waals surface area contributed by atoms with Crippen LogP contribution in [-0.2, 0) is 10.9 Å². The van der Waals surface area contributed by atoms with Crippen molar-refractivity contribution in [3.63, 3.8) is 0 Å². The second kappa shape index (κ2) is 9.14. The molecule has 2 aromatic heterocycles. The number of hydrogen-bond donors (Lipinski definition) is 0. The highest BCUT2D eigenvalue weighted by atomic mass is 35.5. The summed E-state index contributed by atoms with van der Waals surface area (Å²) in [6.07, 6.45) is -3.93. The lowest BCUT2D eigenvalue weighted by Gasteiger charge is -2.07. The van der Waals surface area contributed by atoms with Gasteiger partial charge in [-0.3, -0.25) is 0 Å². The van der Waals surface area contributed by atoms with Gasteiger partial charge in [0.1, 0.15) is 11.3 Å². The molecule has 6 nitrogen and oxygen atoms in total. The fourth-order valence-electron chi connectivity index (χ4n) is 3.20. The first-order chi connectivity index (χ1) is 16.0. The molecule has 0 N–H and O–H groups in total. The van der Waals surface area contributed by atoms with Crippen LogP contribution in [0.15, 0.2) is 47.1 Å². The van der Waals surface area contributed by atoms with Gasteiger partial charge in [0.2, 0.25) is 0 Å². The van der Waals surface area contributed by atoms with Gasteiger partial charge in [-0.25, -0.2) is 9.48 Å². The van der Waals surface area contributed by atoms with Gasteiger partial charge >= 0.3 is 12.1 Å². The Bertz CT molecular complexity index is 1400. The summed E-state index contributed by atoms with van der Waals surface area (Å²) in [6.45, 7) is 0. The number of nitrogens with zero attached hydrogens (tertiary/aromatic N) is 3. The number of carbonyl (C=O) groups is 1. The molecule has 0 atom stereocenters. The molecule has 0 unspecified atom stereocenters. The Morgan fingerprint density at radius 3 is 2.32 bits per heavy atom. The van der Waals surface area contributed by atoms with Crippen LogP contribution in [0.4, 0.5) is 13.2 Å². The van der Waals surface area contributed by atoms with Crippen LogP contribution >= 0.6 is 46.4 Å². The summed E-state index contributed by atoms with van der Waals surface area (Å²) >= 11 is 24.5. The fourth-order valence-corrected chi connectivity index (χ4v) is 4.27. The van der Waals surface area contributed by atoms with Crippen LogP contribution < -0.4 is 0 Å². The summed E-state index contributed by atoms with van der Waals surface area (Å²) in [5, 5.41) is 7.94. The van der Waals surface area contributed by atoms with E-state index in [1.807, 2.05) is 0 Å². The maximum Gasteiger partial charge on any atom is 0.435 e. The van der Waals surface area contributed by atoms with Gasteiger partial charge in [0.15, 0.2) is 11.5 Å². The first-order valence-corrected chi connectivity index (χ1v) is 10.7. The summed E-state index contributed by atoms with van der Waals surface area (Å²) in [5.74, 6) is -1.56. The minimum atomic E-state index is -4.93. The molecule has 0 saturated carbocycles. The third-order valence-electron chi connectivity index (χ3n) is 4.67. The SMILES string of the molecule is COC(=O)c1c(-c2c(Cl)cccc2Cl)noc1-c1cn(-c2ccc(Cl)cc2Cl)nc1C(F)(F)F. The average Bonchev–Trinajstić information content (AvgIpc) is 3.38. The molecular weight excluding hydrogens is 541 g/mol. The van der Waals surface area contributed by atoms with E-state index in [1.165, 1.54) is 30.3 Å². The van der Waals surface area contributed by atoms with Crippen LogP contribution in [0.25, 0.3) is 28.3 Å². The molecule has 13 heteroatoms. The van der Waals surface area contributed by atoms with Crippen LogP contribution in [0, 0.1) is 0 Å². The zero-order chi connectivity index (χ0) is 24.8. The highest BCUT2D eigenvalue weighted by Gasteiger charge is 2.41. The quantitative estimate of drug-likeness (QED) is 0.244. The van der Waals surface area contributed by atoms with Crippen LogP contribution in [0.1, 0.15) is 16.1 Å². The van der Waals surface area contributed by atoms with E-state index in [9.17, 15) is 18.0 Å². The van der Waals surface area contributed by atoms with E-state index in [0.717, 1.165) is 18.0 Å². The van der Waals surface area contributed by atoms with E-state index in [4.69, 9.17) is 55.7 Å². The summed E-state index contributed by atoms with van der Waals surface area (Å²) < 4.78 is 52.7. The van der Waals surface area contributed by atoms with Gasteiger partial charge in [-0.05, 0) is 30.3 Å². The second-order valence-electron chi connectivity index (χ2n) is 6.75. The molecule has 0 aliphatic carbocycles. The van der Waals surface area contributed by atoms with Gasteiger partial charge in [-0.15, -0.1) is 0 Å². The average molecular weight is 551 g/mol. The number of benzene rings is 2. The molecule has 0 aliphatic rings. The Hall–Kier alpha value is -2.72. The summed E-state index contributed by atoms with van der Waals surface area (Å²) in [6, 6.07) is 8.66. The monoisotopic (exact) mass is 549 g/mol. The van der Waals surface area contributed by atoms with Gasteiger partial charge in [0.25, 0.3) is 0 Å². The van der Waals surface area contributed by atoms with Crippen LogP contribution in [0.2, 0.25) is 20.1 Å². The van der Waals surface area contributed by atoms with Crippen molar-refractivity contribution in [2.45, 2.75) is 6.18 Å². The Morgan fingerprint density at radius 1 is 1.06 bits per heavy atom.